The van der Waals surface area contributed by atoms with E-state index in [1.165, 1.54) is 10.9 Å². The summed E-state index contributed by atoms with van der Waals surface area (Å²) in [6, 6.07) is 0. The quantitative estimate of drug-likeness (QED) is 0.194. The van der Waals surface area contributed by atoms with Crippen molar-refractivity contribution in [1.82, 2.24) is 19.5 Å². The summed E-state index contributed by atoms with van der Waals surface area (Å²) in [4.78, 5) is 23.4. The zero-order valence-corrected chi connectivity index (χ0v) is 17.4. The third-order valence-corrected chi connectivity index (χ3v) is 4.79. The molecule has 0 aliphatic carbocycles. The molecule has 2 aromatic rings. The van der Waals surface area contributed by atoms with Crippen LogP contribution in [0.25, 0.3) is 11.2 Å². The molecule has 13 heteroatoms. The summed E-state index contributed by atoms with van der Waals surface area (Å²) >= 11 is 0. The number of ether oxygens (including phenoxy) is 5. The molecule has 1 saturated heterocycles. The van der Waals surface area contributed by atoms with E-state index in [0.29, 0.717) is 13.2 Å². The maximum atomic E-state index is 13.7. The maximum Gasteiger partial charge on any atom is 0.332 e. The van der Waals surface area contributed by atoms with Crippen molar-refractivity contribution in [1.29, 1.82) is 0 Å². The van der Waals surface area contributed by atoms with Gasteiger partial charge in [0.1, 0.15) is 18.9 Å². The van der Waals surface area contributed by atoms with E-state index in [9.17, 15) is 14.3 Å². The molecule has 32 heavy (non-hydrogen) atoms. The highest BCUT2D eigenvalue weighted by Gasteiger charge is 2.51. The first kappa shape index (κ1) is 23.8. The van der Waals surface area contributed by atoms with E-state index in [4.69, 9.17) is 35.8 Å². The van der Waals surface area contributed by atoms with Crippen LogP contribution in [0.3, 0.4) is 0 Å². The molecular weight excluding hydrogens is 429 g/mol. The predicted molar refractivity (Wildman–Crippen MR) is 106 cm³/mol. The standard InChI is InChI=1S/C19H24FN5O7/c1-3-19(10-26)12(31-14(27)9-30-7-6-29-5-4-28-2)8-13(32-19)25-11-22-15-16(21)23-18(20)24-17(15)25/h1,11-13,26H,4-10H2,2H3,(H2,21,23,24)/t12-,13+,19+/m0/s1. The van der Waals surface area contributed by atoms with Gasteiger partial charge in [0, 0.05) is 13.5 Å². The number of nitrogens with zero attached hydrogens (tertiary/aromatic N) is 4. The van der Waals surface area contributed by atoms with E-state index in [-0.39, 0.29) is 43.2 Å². The van der Waals surface area contributed by atoms with Crippen LogP contribution < -0.4 is 5.73 Å². The van der Waals surface area contributed by atoms with Crippen molar-refractivity contribution >= 4 is 23.0 Å². The monoisotopic (exact) mass is 453 g/mol. The van der Waals surface area contributed by atoms with E-state index in [1.54, 1.807) is 7.11 Å². The molecule has 12 nitrogen and oxygen atoms in total. The van der Waals surface area contributed by atoms with E-state index < -0.39 is 36.6 Å². The van der Waals surface area contributed by atoms with Crippen LogP contribution >= 0.6 is 0 Å². The second kappa shape index (κ2) is 10.6. The highest BCUT2D eigenvalue weighted by molar-refractivity contribution is 5.81. The maximum absolute atomic E-state index is 13.7. The lowest BCUT2D eigenvalue weighted by atomic mass is 9.98. The minimum atomic E-state index is -1.61. The Morgan fingerprint density at radius 3 is 2.88 bits per heavy atom. The summed E-state index contributed by atoms with van der Waals surface area (Å²) in [6.45, 7) is 0.365. The average molecular weight is 453 g/mol. The van der Waals surface area contributed by atoms with Gasteiger partial charge in [-0.2, -0.15) is 14.4 Å². The van der Waals surface area contributed by atoms with Gasteiger partial charge in [-0.25, -0.2) is 9.78 Å². The van der Waals surface area contributed by atoms with Crippen molar-refractivity contribution in [3.05, 3.63) is 12.4 Å². The molecule has 3 rings (SSSR count). The van der Waals surface area contributed by atoms with Gasteiger partial charge in [-0.3, -0.25) is 4.57 Å². The Bertz CT molecular complexity index is 981. The summed E-state index contributed by atoms with van der Waals surface area (Å²) in [5.41, 5.74) is 4.32. The highest BCUT2D eigenvalue weighted by Crippen LogP contribution is 2.39. The van der Waals surface area contributed by atoms with E-state index in [2.05, 4.69) is 20.9 Å². The number of nitrogen functional groups attached to an aromatic ring is 1. The average Bonchev–Trinajstić information content (AvgIpc) is 3.35. The number of nitrogens with two attached hydrogens (primary N) is 1. The summed E-state index contributed by atoms with van der Waals surface area (Å²) in [5.74, 6) is 1.52. The van der Waals surface area contributed by atoms with Crippen molar-refractivity contribution in [2.75, 3.05) is 52.5 Å². The highest BCUT2D eigenvalue weighted by atomic mass is 19.1. The number of hydrogen-bond acceptors (Lipinski definition) is 11. The van der Waals surface area contributed by atoms with Gasteiger partial charge in [-0.05, 0) is 0 Å². The Hall–Kier alpha value is -2.89. The molecule has 0 amide bonds. The molecule has 0 bridgehead atoms. The van der Waals surface area contributed by atoms with Crippen LogP contribution in [-0.2, 0) is 28.5 Å². The van der Waals surface area contributed by atoms with Crippen LogP contribution in [0.15, 0.2) is 6.33 Å². The normalized spacial score (nSPS) is 22.8. The molecule has 0 radical (unpaired) electrons. The number of esters is 1. The van der Waals surface area contributed by atoms with Gasteiger partial charge in [0.25, 0.3) is 0 Å². The number of carbonyl (C=O) groups excluding carboxylic acids is 1. The van der Waals surface area contributed by atoms with Crippen LogP contribution in [0, 0.1) is 18.4 Å². The minimum absolute atomic E-state index is 0.0492. The fraction of sp³-hybridized carbons (Fsp3) is 0.579. The number of imidazole rings is 1. The number of halogens is 1. The number of aliphatic hydroxyl groups is 1. The van der Waals surface area contributed by atoms with E-state index in [0.717, 1.165) is 0 Å². The topological polar surface area (TPSA) is 153 Å². The second-order valence-corrected chi connectivity index (χ2v) is 6.84. The molecule has 3 atom stereocenters. The Balaban J connectivity index is 1.64. The lowest BCUT2D eigenvalue weighted by Crippen LogP contribution is -2.44. The van der Waals surface area contributed by atoms with Gasteiger partial charge in [0.15, 0.2) is 22.6 Å². The number of fused-ring (bicyclic) bond motifs is 1. The van der Waals surface area contributed by atoms with Crippen LogP contribution in [-0.4, -0.2) is 89.1 Å². The third kappa shape index (κ3) is 5.12. The van der Waals surface area contributed by atoms with Gasteiger partial charge in [0.05, 0.1) is 39.4 Å². The number of terminal acetylenes is 1. The molecule has 2 aromatic heterocycles. The first-order valence-electron chi connectivity index (χ1n) is 9.70. The molecule has 1 aliphatic heterocycles. The predicted octanol–water partition coefficient (Wildman–Crippen LogP) is -0.578. The molecule has 3 heterocycles. The first-order chi connectivity index (χ1) is 15.4. The number of aromatic nitrogens is 4. The van der Waals surface area contributed by atoms with Gasteiger partial charge >= 0.3 is 12.0 Å². The number of rotatable bonds is 11. The summed E-state index contributed by atoms with van der Waals surface area (Å²) in [5, 5.41) is 9.89. The Labute approximate surface area is 182 Å². The number of aliphatic hydroxyl groups excluding tert-OH is 1. The summed E-state index contributed by atoms with van der Waals surface area (Å²) in [6.07, 6.45) is 4.07. The molecule has 0 unspecified atom stereocenters. The molecule has 0 spiro atoms. The lowest BCUT2D eigenvalue weighted by molar-refractivity contribution is -0.164. The smallest absolute Gasteiger partial charge is 0.332 e. The van der Waals surface area contributed by atoms with Crippen LogP contribution in [0.4, 0.5) is 10.2 Å². The molecule has 174 valence electrons. The van der Waals surface area contributed by atoms with Crippen molar-refractivity contribution in [3.63, 3.8) is 0 Å². The van der Waals surface area contributed by atoms with Gasteiger partial charge in [-0.1, -0.05) is 5.92 Å². The molecule has 1 fully saturated rings. The summed E-state index contributed by atoms with van der Waals surface area (Å²) in [7, 11) is 1.56. The molecule has 0 saturated carbocycles. The zero-order chi connectivity index (χ0) is 23.1. The molecule has 1 aliphatic rings. The fourth-order valence-electron chi connectivity index (χ4n) is 3.20. The lowest BCUT2D eigenvalue weighted by Gasteiger charge is -2.26. The van der Waals surface area contributed by atoms with Gasteiger partial charge < -0.3 is 34.5 Å². The zero-order valence-electron chi connectivity index (χ0n) is 17.4. The molecule has 3 N–H and O–H groups in total. The Morgan fingerprint density at radius 2 is 2.16 bits per heavy atom. The second-order valence-electron chi connectivity index (χ2n) is 6.84. The number of anilines is 1. The Morgan fingerprint density at radius 1 is 1.41 bits per heavy atom. The fourth-order valence-corrected chi connectivity index (χ4v) is 3.20. The van der Waals surface area contributed by atoms with Crippen LogP contribution in [0.5, 0.6) is 0 Å². The minimum Gasteiger partial charge on any atom is -0.456 e. The molecular formula is C19H24FN5O7. The number of carbonyl (C=O) groups is 1. The van der Waals surface area contributed by atoms with Gasteiger partial charge in [-0.15, -0.1) is 6.42 Å². The van der Waals surface area contributed by atoms with Crippen molar-refractivity contribution in [3.8, 4) is 12.3 Å². The van der Waals surface area contributed by atoms with Crippen LogP contribution in [0.1, 0.15) is 12.6 Å². The SMILES string of the molecule is C#C[C@]1(CO)O[C@@H](n2cnc3c(N)nc(F)nc32)C[C@@H]1OC(=O)COCCOCCOC. The van der Waals surface area contributed by atoms with Gasteiger partial charge in [0.2, 0.25) is 0 Å². The Kier molecular flexibility index (Phi) is 7.89. The van der Waals surface area contributed by atoms with E-state index in [1.807, 2.05) is 0 Å². The van der Waals surface area contributed by atoms with Crippen molar-refractivity contribution in [2.24, 2.45) is 0 Å². The first-order valence-corrected chi connectivity index (χ1v) is 9.70. The van der Waals surface area contributed by atoms with Crippen molar-refractivity contribution < 1.29 is 38.0 Å². The molecule has 0 aromatic carbocycles. The van der Waals surface area contributed by atoms with E-state index >= 15 is 0 Å². The number of hydrogen-bond donors (Lipinski definition) is 2. The largest absolute Gasteiger partial charge is 0.456 e. The number of methoxy groups -OCH3 is 1. The third-order valence-electron chi connectivity index (χ3n) is 4.79. The summed E-state index contributed by atoms with van der Waals surface area (Å²) < 4.78 is 41.6. The van der Waals surface area contributed by atoms with Crippen LogP contribution in [0.2, 0.25) is 0 Å². The van der Waals surface area contributed by atoms with Crippen molar-refractivity contribution in [2.45, 2.75) is 24.4 Å².